The number of Topliss-reactive ketones (excluding diaryl/α,β-unsaturated/α-hetero) is 1. The molecule has 0 unspecified atom stereocenters. The zero-order valence-corrected chi connectivity index (χ0v) is 14.0. The minimum atomic E-state index is -0.0556. The number of hydrogen-bond donors (Lipinski definition) is 0. The van der Waals surface area contributed by atoms with Crippen LogP contribution in [0.1, 0.15) is 15.9 Å². The highest BCUT2D eigenvalue weighted by Crippen LogP contribution is 2.28. The Hall–Kier alpha value is -1.52. The molecule has 2 aromatic rings. The lowest BCUT2D eigenvalue weighted by atomic mass is 10.0. The van der Waals surface area contributed by atoms with E-state index in [1.54, 1.807) is 25.3 Å². The zero-order valence-electron chi connectivity index (χ0n) is 11.7. The number of methoxy groups -OCH3 is 2. The number of ether oxygens (including phenoxy) is 2. The van der Waals surface area contributed by atoms with Crippen molar-refractivity contribution in [1.29, 1.82) is 0 Å². The first-order valence-electron chi connectivity index (χ1n) is 6.24. The van der Waals surface area contributed by atoms with Crippen LogP contribution >= 0.6 is 27.5 Å². The summed E-state index contributed by atoms with van der Waals surface area (Å²) >= 11 is 9.31. The minimum absolute atomic E-state index is 0.0556. The first kappa shape index (κ1) is 15.9. The summed E-state index contributed by atoms with van der Waals surface area (Å²) < 4.78 is 11.4. The topological polar surface area (TPSA) is 35.5 Å². The second-order valence-corrected chi connectivity index (χ2v) is 5.75. The number of halogens is 2. The van der Waals surface area contributed by atoms with E-state index in [2.05, 4.69) is 15.9 Å². The van der Waals surface area contributed by atoms with Gasteiger partial charge in [0.2, 0.25) is 0 Å². The molecule has 0 fully saturated rings. The van der Waals surface area contributed by atoms with Crippen LogP contribution in [0.15, 0.2) is 40.9 Å². The molecular formula is C16H14BrClO3. The van der Waals surface area contributed by atoms with Gasteiger partial charge in [-0.2, -0.15) is 0 Å². The summed E-state index contributed by atoms with van der Waals surface area (Å²) in [7, 11) is 3.10. The lowest BCUT2D eigenvalue weighted by molar-refractivity contribution is 0.0989. The first-order valence-corrected chi connectivity index (χ1v) is 7.41. The van der Waals surface area contributed by atoms with Crippen LogP contribution in [0.25, 0.3) is 0 Å². The van der Waals surface area contributed by atoms with Crippen LogP contribution in [0, 0.1) is 0 Å². The van der Waals surface area contributed by atoms with Gasteiger partial charge >= 0.3 is 0 Å². The second-order valence-electron chi connectivity index (χ2n) is 4.40. The lowest BCUT2D eigenvalue weighted by Crippen LogP contribution is -2.07. The Bertz CT molecular complexity index is 671. The second kappa shape index (κ2) is 6.96. The van der Waals surface area contributed by atoms with Gasteiger partial charge in [0.1, 0.15) is 11.5 Å². The molecule has 0 aromatic heterocycles. The first-order chi connectivity index (χ1) is 10.0. The van der Waals surface area contributed by atoms with Crippen LogP contribution in [-0.2, 0) is 6.42 Å². The molecule has 0 saturated carbocycles. The molecule has 0 heterocycles. The maximum atomic E-state index is 12.5. The van der Waals surface area contributed by atoms with Gasteiger partial charge in [-0.1, -0.05) is 27.5 Å². The van der Waals surface area contributed by atoms with Gasteiger partial charge in [0.25, 0.3) is 0 Å². The Balaban J connectivity index is 2.32. The fourth-order valence-corrected chi connectivity index (χ4v) is 2.62. The van der Waals surface area contributed by atoms with Gasteiger partial charge < -0.3 is 9.47 Å². The van der Waals surface area contributed by atoms with E-state index in [4.69, 9.17) is 21.1 Å². The molecule has 0 spiro atoms. The van der Waals surface area contributed by atoms with E-state index in [9.17, 15) is 4.79 Å². The van der Waals surface area contributed by atoms with Crippen LogP contribution in [-0.4, -0.2) is 20.0 Å². The lowest BCUT2D eigenvalue weighted by Gasteiger charge is -2.11. The number of carbonyl (C=O) groups excluding carboxylic acids is 1. The summed E-state index contributed by atoms with van der Waals surface area (Å²) in [5.41, 5.74) is 1.32. The van der Waals surface area contributed by atoms with Gasteiger partial charge in [0.05, 0.1) is 19.8 Å². The van der Waals surface area contributed by atoms with Gasteiger partial charge in [-0.15, -0.1) is 0 Å². The van der Waals surface area contributed by atoms with Crippen LogP contribution in [0.3, 0.4) is 0 Å². The van der Waals surface area contributed by atoms with Crippen molar-refractivity contribution in [3.63, 3.8) is 0 Å². The molecule has 0 bridgehead atoms. The smallest absolute Gasteiger partial charge is 0.171 e. The molecule has 21 heavy (non-hydrogen) atoms. The molecule has 0 saturated heterocycles. The van der Waals surface area contributed by atoms with Gasteiger partial charge in [-0.25, -0.2) is 0 Å². The van der Waals surface area contributed by atoms with Crippen molar-refractivity contribution in [2.24, 2.45) is 0 Å². The Labute approximate surface area is 137 Å². The number of rotatable bonds is 5. The Kier molecular flexibility index (Phi) is 5.26. The third kappa shape index (κ3) is 3.77. The molecule has 0 aliphatic rings. The number of carbonyl (C=O) groups is 1. The molecule has 5 heteroatoms. The van der Waals surface area contributed by atoms with Crippen LogP contribution in [0.5, 0.6) is 11.5 Å². The van der Waals surface area contributed by atoms with E-state index in [0.29, 0.717) is 22.1 Å². The Morgan fingerprint density at radius 3 is 2.48 bits per heavy atom. The van der Waals surface area contributed by atoms with Crippen molar-refractivity contribution >= 4 is 33.3 Å². The van der Waals surface area contributed by atoms with Crippen molar-refractivity contribution in [3.8, 4) is 11.5 Å². The van der Waals surface area contributed by atoms with Crippen LogP contribution in [0.2, 0.25) is 5.02 Å². The molecule has 0 atom stereocenters. The summed E-state index contributed by atoms with van der Waals surface area (Å²) in [6.07, 6.45) is 0.223. The monoisotopic (exact) mass is 368 g/mol. The minimum Gasteiger partial charge on any atom is -0.496 e. The van der Waals surface area contributed by atoms with Crippen LogP contribution in [0.4, 0.5) is 0 Å². The molecule has 2 aromatic carbocycles. The van der Waals surface area contributed by atoms with Gasteiger partial charge in [0, 0.05) is 21.5 Å². The van der Waals surface area contributed by atoms with Gasteiger partial charge in [-0.3, -0.25) is 4.79 Å². The summed E-state index contributed by atoms with van der Waals surface area (Å²) in [6.45, 7) is 0. The predicted molar refractivity (Wildman–Crippen MR) is 86.7 cm³/mol. The van der Waals surface area contributed by atoms with E-state index >= 15 is 0 Å². The zero-order chi connectivity index (χ0) is 15.4. The third-order valence-corrected chi connectivity index (χ3v) is 3.79. The maximum Gasteiger partial charge on any atom is 0.171 e. The molecule has 2 rings (SSSR count). The fraction of sp³-hybridized carbons (Fsp3) is 0.188. The van der Waals surface area contributed by atoms with Crippen molar-refractivity contribution in [1.82, 2.24) is 0 Å². The van der Waals surface area contributed by atoms with E-state index in [-0.39, 0.29) is 12.2 Å². The number of hydrogen-bond acceptors (Lipinski definition) is 3. The van der Waals surface area contributed by atoms with Gasteiger partial charge in [0.15, 0.2) is 5.78 Å². The maximum absolute atomic E-state index is 12.5. The molecule has 3 nitrogen and oxygen atoms in total. The SMILES string of the molecule is COc1ccc(Br)cc1CC(=O)c1ccc(Cl)cc1OC. The largest absolute Gasteiger partial charge is 0.496 e. The average Bonchev–Trinajstić information content (AvgIpc) is 2.47. The summed E-state index contributed by atoms with van der Waals surface area (Å²) in [6, 6.07) is 10.6. The molecule has 0 radical (unpaired) electrons. The van der Waals surface area contributed by atoms with E-state index < -0.39 is 0 Å². The van der Waals surface area contributed by atoms with Crippen molar-refractivity contribution in [3.05, 3.63) is 57.0 Å². The Morgan fingerprint density at radius 2 is 1.81 bits per heavy atom. The molecule has 110 valence electrons. The van der Waals surface area contributed by atoms with Crippen molar-refractivity contribution < 1.29 is 14.3 Å². The summed E-state index contributed by atoms with van der Waals surface area (Å²) in [5, 5.41) is 0.531. The van der Waals surface area contributed by atoms with Gasteiger partial charge in [-0.05, 0) is 36.4 Å². The predicted octanol–water partition coefficient (Wildman–Crippen LogP) is 4.55. The normalized spacial score (nSPS) is 10.3. The Morgan fingerprint density at radius 1 is 1.10 bits per heavy atom. The molecule has 0 N–H and O–H groups in total. The standard InChI is InChI=1S/C16H14BrClO3/c1-20-15-6-3-11(17)7-10(15)8-14(19)13-5-4-12(18)9-16(13)21-2/h3-7,9H,8H2,1-2H3. The highest BCUT2D eigenvalue weighted by atomic mass is 79.9. The van der Waals surface area contributed by atoms with E-state index in [0.717, 1.165) is 10.0 Å². The molecule has 0 amide bonds. The summed E-state index contributed by atoms with van der Waals surface area (Å²) in [5.74, 6) is 1.10. The molecular weight excluding hydrogens is 356 g/mol. The molecule has 0 aliphatic carbocycles. The summed E-state index contributed by atoms with van der Waals surface area (Å²) in [4.78, 5) is 12.5. The van der Waals surface area contributed by atoms with Crippen molar-refractivity contribution in [2.45, 2.75) is 6.42 Å². The highest BCUT2D eigenvalue weighted by molar-refractivity contribution is 9.10. The average molecular weight is 370 g/mol. The van der Waals surface area contributed by atoms with Crippen LogP contribution < -0.4 is 9.47 Å². The number of benzene rings is 2. The third-order valence-electron chi connectivity index (χ3n) is 3.06. The molecule has 0 aliphatic heterocycles. The van der Waals surface area contributed by atoms with Crippen molar-refractivity contribution in [2.75, 3.05) is 14.2 Å². The number of ketones is 1. The van der Waals surface area contributed by atoms with E-state index in [1.807, 2.05) is 18.2 Å². The highest BCUT2D eigenvalue weighted by Gasteiger charge is 2.15. The quantitative estimate of drug-likeness (QED) is 0.726. The van der Waals surface area contributed by atoms with E-state index in [1.165, 1.54) is 7.11 Å². The fourth-order valence-electron chi connectivity index (χ4n) is 2.05.